The van der Waals surface area contributed by atoms with Crippen LogP contribution in [0.5, 0.6) is 0 Å². The Morgan fingerprint density at radius 3 is 2.33 bits per heavy atom. The lowest BCUT2D eigenvalue weighted by atomic mass is 9.95. The second-order valence-electron chi connectivity index (χ2n) is 4.35. The van der Waals surface area contributed by atoms with Gasteiger partial charge in [0.2, 0.25) is 0 Å². The van der Waals surface area contributed by atoms with E-state index < -0.39 is 24.5 Å². The van der Waals surface area contributed by atoms with Crippen LogP contribution in [0.4, 0.5) is 17.6 Å². The van der Waals surface area contributed by atoms with Crippen LogP contribution in [0.15, 0.2) is 12.1 Å². The maximum atomic E-state index is 13.8. The minimum Gasteiger partial charge on any atom is -0.271 e. The van der Waals surface area contributed by atoms with Crippen LogP contribution in [0.25, 0.3) is 0 Å². The molecule has 6 heteroatoms. The monoisotopic (exact) mass is 264 g/mol. The van der Waals surface area contributed by atoms with Gasteiger partial charge in [-0.25, -0.2) is 4.39 Å². The summed E-state index contributed by atoms with van der Waals surface area (Å²) in [6.45, 7) is 3.38. The summed E-state index contributed by atoms with van der Waals surface area (Å²) in [4.78, 5) is 0. The van der Waals surface area contributed by atoms with E-state index in [-0.39, 0.29) is 12.0 Å². The molecular formula is C12H16F4N2. The molecule has 0 saturated heterocycles. The van der Waals surface area contributed by atoms with E-state index in [4.69, 9.17) is 5.84 Å². The van der Waals surface area contributed by atoms with E-state index >= 15 is 0 Å². The van der Waals surface area contributed by atoms with Gasteiger partial charge in [0.15, 0.2) is 0 Å². The van der Waals surface area contributed by atoms with Crippen LogP contribution in [0.2, 0.25) is 0 Å². The van der Waals surface area contributed by atoms with Gasteiger partial charge in [-0.1, -0.05) is 6.07 Å². The number of nitrogens with one attached hydrogen (secondary N) is 1. The molecule has 2 nitrogen and oxygen atoms in total. The summed E-state index contributed by atoms with van der Waals surface area (Å²) in [6, 6.07) is 2.17. The first kappa shape index (κ1) is 14.9. The maximum Gasteiger partial charge on any atom is 0.389 e. The highest BCUT2D eigenvalue weighted by atomic mass is 19.4. The van der Waals surface area contributed by atoms with Crippen molar-refractivity contribution in [3.05, 3.63) is 34.6 Å². The number of nitrogens with two attached hydrogens (primary N) is 1. The van der Waals surface area contributed by atoms with E-state index in [1.807, 2.05) is 0 Å². The van der Waals surface area contributed by atoms with Crippen LogP contribution in [0.1, 0.15) is 35.6 Å². The Kier molecular flexibility index (Phi) is 4.70. The highest BCUT2D eigenvalue weighted by molar-refractivity contribution is 5.34. The van der Waals surface area contributed by atoms with Crippen molar-refractivity contribution < 1.29 is 17.6 Å². The average molecular weight is 264 g/mol. The first-order valence-corrected chi connectivity index (χ1v) is 5.54. The quantitative estimate of drug-likeness (QED) is 0.497. The Balaban J connectivity index is 2.95. The fourth-order valence-corrected chi connectivity index (χ4v) is 1.99. The summed E-state index contributed by atoms with van der Waals surface area (Å²) in [5.74, 6) is 4.70. The van der Waals surface area contributed by atoms with Crippen LogP contribution in [0.3, 0.4) is 0 Å². The van der Waals surface area contributed by atoms with Gasteiger partial charge < -0.3 is 0 Å². The zero-order valence-electron chi connectivity index (χ0n) is 10.2. The molecule has 1 rings (SSSR count). The van der Waals surface area contributed by atoms with Crippen LogP contribution < -0.4 is 11.3 Å². The zero-order chi connectivity index (χ0) is 13.9. The van der Waals surface area contributed by atoms with E-state index in [1.54, 1.807) is 19.9 Å². The third-order valence-electron chi connectivity index (χ3n) is 2.75. The normalized spacial score (nSPS) is 13.7. The largest absolute Gasteiger partial charge is 0.389 e. The summed E-state index contributed by atoms with van der Waals surface area (Å²) in [5.41, 5.74) is 3.77. The molecule has 0 radical (unpaired) electrons. The standard InChI is InChI=1S/C12H16F4N2/c1-7-5-8(2)11(9(13)6-7)10(18-17)3-4-12(14,15)16/h5-6,10,18H,3-4,17H2,1-2H3. The molecule has 0 amide bonds. The van der Waals surface area contributed by atoms with E-state index in [2.05, 4.69) is 5.43 Å². The van der Waals surface area contributed by atoms with Crippen LogP contribution >= 0.6 is 0 Å². The lowest BCUT2D eigenvalue weighted by Gasteiger charge is -2.20. The Hall–Kier alpha value is -1.14. The molecule has 0 spiro atoms. The summed E-state index contributed by atoms with van der Waals surface area (Å²) < 4.78 is 50.3. The average Bonchev–Trinajstić information content (AvgIpc) is 2.20. The van der Waals surface area contributed by atoms with Gasteiger partial charge in [-0.05, 0) is 37.5 Å². The van der Waals surface area contributed by atoms with Crippen molar-refractivity contribution in [1.82, 2.24) is 5.43 Å². The smallest absolute Gasteiger partial charge is 0.271 e. The first-order chi connectivity index (χ1) is 8.24. The third-order valence-corrected chi connectivity index (χ3v) is 2.75. The molecule has 1 unspecified atom stereocenters. The van der Waals surface area contributed by atoms with Gasteiger partial charge in [-0.2, -0.15) is 13.2 Å². The molecule has 1 atom stereocenters. The summed E-state index contributed by atoms with van der Waals surface area (Å²) in [6.07, 6.45) is -5.57. The number of hydrogen-bond donors (Lipinski definition) is 2. The molecule has 0 bridgehead atoms. The van der Waals surface area contributed by atoms with Crippen LogP contribution in [-0.2, 0) is 0 Å². The van der Waals surface area contributed by atoms with Gasteiger partial charge in [-0.15, -0.1) is 0 Å². The SMILES string of the molecule is Cc1cc(C)c(C(CCC(F)(F)F)NN)c(F)c1. The lowest BCUT2D eigenvalue weighted by Crippen LogP contribution is -2.30. The molecule has 0 aliphatic rings. The minimum atomic E-state index is -4.27. The van der Waals surface area contributed by atoms with Gasteiger partial charge in [0.1, 0.15) is 5.82 Å². The first-order valence-electron chi connectivity index (χ1n) is 5.54. The second kappa shape index (κ2) is 5.67. The van der Waals surface area contributed by atoms with E-state index in [0.717, 1.165) is 5.56 Å². The molecule has 0 fully saturated rings. The molecule has 3 N–H and O–H groups in total. The fraction of sp³-hybridized carbons (Fsp3) is 0.500. The number of benzene rings is 1. The topological polar surface area (TPSA) is 38.0 Å². The van der Waals surface area contributed by atoms with Crippen LogP contribution in [0, 0.1) is 19.7 Å². The molecule has 0 aromatic heterocycles. The predicted molar refractivity (Wildman–Crippen MR) is 61.2 cm³/mol. The molecule has 0 saturated carbocycles. The van der Waals surface area contributed by atoms with Crippen molar-refractivity contribution in [2.45, 2.75) is 38.9 Å². The second-order valence-corrected chi connectivity index (χ2v) is 4.35. The molecular weight excluding hydrogens is 248 g/mol. The van der Waals surface area contributed by atoms with Crippen molar-refractivity contribution in [3.63, 3.8) is 0 Å². The molecule has 18 heavy (non-hydrogen) atoms. The molecule has 0 aliphatic heterocycles. The maximum absolute atomic E-state index is 13.8. The number of aryl methyl sites for hydroxylation is 2. The van der Waals surface area contributed by atoms with Gasteiger partial charge >= 0.3 is 6.18 Å². The lowest BCUT2D eigenvalue weighted by molar-refractivity contribution is -0.136. The molecule has 0 heterocycles. The van der Waals surface area contributed by atoms with E-state index in [0.29, 0.717) is 5.56 Å². The van der Waals surface area contributed by atoms with E-state index in [9.17, 15) is 17.6 Å². The Morgan fingerprint density at radius 2 is 1.89 bits per heavy atom. The highest BCUT2D eigenvalue weighted by Crippen LogP contribution is 2.30. The summed E-state index contributed by atoms with van der Waals surface area (Å²) >= 11 is 0. The Bertz CT molecular complexity index is 392. The molecule has 1 aromatic carbocycles. The number of halogens is 4. The van der Waals surface area contributed by atoms with Crippen molar-refractivity contribution in [2.75, 3.05) is 0 Å². The van der Waals surface area contributed by atoms with Gasteiger partial charge in [0.05, 0.1) is 0 Å². The van der Waals surface area contributed by atoms with Gasteiger partial charge in [0, 0.05) is 18.0 Å². The van der Waals surface area contributed by atoms with Crippen LogP contribution in [-0.4, -0.2) is 6.18 Å². The van der Waals surface area contributed by atoms with E-state index in [1.165, 1.54) is 6.07 Å². The summed E-state index contributed by atoms with van der Waals surface area (Å²) in [7, 11) is 0. The number of hydrogen-bond acceptors (Lipinski definition) is 2. The van der Waals surface area contributed by atoms with Gasteiger partial charge in [0.25, 0.3) is 0 Å². The van der Waals surface area contributed by atoms with Crippen molar-refractivity contribution >= 4 is 0 Å². The summed E-state index contributed by atoms with van der Waals surface area (Å²) in [5, 5.41) is 0. The molecule has 102 valence electrons. The third kappa shape index (κ3) is 3.96. The molecule has 0 aliphatic carbocycles. The number of rotatable bonds is 4. The Morgan fingerprint density at radius 1 is 1.28 bits per heavy atom. The Labute approximate surface area is 103 Å². The predicted octanol–water partition coefficient (Wildman–Crippen LogP) is 3.29. The van der Waals surface area contributed by atoms with Crippen molar-refractivity contribution in [1.29, 1.82) is 0 Å². The van der Waals surface area contributed by atoms with Crippen molar-refractivity contribution in [3.8, 4) is 0 Å². The van der Waals surface area contributed by atoms with Crippen molar-refractivity contribution in [2.24, 2.45) is 5.84 Å². The fourth-order valence-electron chi connectivity index (χ4n) is 1.99. The number of alkyl halides is 3. The highest BCUT2D eigenvalue weighted by Gasteiger charge is 2.29. The minimum absolute atomic E-state index is 0.201. The van der Waals surface area contributed by atoms with Gasteiger partial charge in [-0.3, -0.25) is 11.3 Å². The number of hydrazine groups is 1. The zero-order valence-corrected chi connectivity index (χ0v) is 10.2. The molecule has 1 aromatic rings.